The molecule has 30 heavy (non-hydrogen) atoms. The molecule has 2 aromatic heterocycles. The van der Waals surface area contributed by atoms with Crippen LogP contribution in [-0.4, -0.2) is 33.6 Å². The lowest BCUT2D eigenvalue weighted by atomic mass is 10.2. The first kappa shape index (κ1) is 19.6. The molecule has 0 aliphatic heterocycles. The van der Waals surface area contributed by atoms with Crippen molar-refractivity contribution in [2.75, 3.05) is 23.4 Å². The van der Waals surface area contributed by atoms with E-state index in [2.05, 4.69) is 57.6 Å². The maximum absolute atomic E-state index is 5.23. The van der Waals surface area contributed by atoms with Gasteiger partial charge in [0.1, 0.15) is 5.75 Å². The number of hydrazone groups is 1. The summed E-state index contributed by atoms with van der Waals surface area (Å²) in [6.07, 6.45) is 1.65. The second-order valence-electron chi connectivity index (χ2n) is 6.21. The predicted octanol–water partition coefficient (Wildman–Crippen LogP) is 3.98. The Kier molecular flexibility index (Phi) is 5.70. The Hall–Kier alpha value is -3.73. The maximum atomic E-state index is 5.23. The number of hydrazine groups is 1. The predicted molar refractivity (Wildman–Crippen MR) is 118 cm³/mol. The average molecular weight is 469 g/mol. The molecule has 0 bridgehead atoms. The number of rotatable bonds is 7. The van der Waals surface area contributed by atoms with Gasteiger partial charge in [-0.2, -0.15) is 15.1 Å². The van der Waals surface area contributed by atoms with Crippen molar-refractivity contribution < 1.29 is 9.37 Å². The zero-order valence-electron chi connectivity index (χ0n) is 16.0. The van der Waals surface area contributed by atoms with Crippen LogP contribution in [0.3, 0.4) is 0 Å². The van der Waals surface area contributed by atoms with E-state index in [1.165, 1.54) is 0 Å². The van der Waals surface area contributed by atoms with E-state index in [4.69, 9.17) is 9.37 Å². The molecule has 0 aliphatic rings. The smallest absolute Gasteiger partial charge is 0.245 e. The molecule has 0 saturated carbocycles. The molecule has 2 aromatic carbocycles. The fourth-order valence-electron chi connectivity index (χ4n) is 2.50. The largest absolute Gasteiger partial charge is 0.496 e. The molecule has 0 aliphatic carbocycles. The number of aromatic nitrogens is 4. The van der Waals surface area contributed by atoms with Gasteiger partial charge >= 0.3 is 0 Å². The van der Waals surface area contributed by atoms with E-state index in [9.17, 15) is 0 Å². The van der Waals surface area contributed by atoms with Crippen molar-refractivity contribution in [3.8, 4) is 5.75 Å². The van der Waals surface area contributed by atoms with Gasteiger partial charge in [0.2, 0.25) is 11.3 Å². The quantitative estimate of drug-likeness (QED) is 0.273. The monoisotopic (exact) mass is 468 g/mol. The molecular formula is C19H17BrN8O2. The zero-order valence-corrected chi connectivity index (χ0v) is 17.6. The summed E-state index contributed by atoms with van der Waals surface area (Å²) in [4.78, 5) is 8.72. The van der Waals surface area contributed by atoms with Crippen molar-refractivity contribution in [1.82, 2.24) is 20.3 Å². The number of aryl methyl sites for hydroxylation is 1. The molecule has 0 saturated heterocycles. The molecule has 3 N–H and O–H groups in total. The van der Waals surface area contributed by atoms with E-state index in [0.717, 1.165) is 27.0 Å². The fraction of sp³-hybridized carbons (Fsp3) is 0.105. The number of fused-ring (bicyclic) bond motifs is 1. The number of hydrogen-bond acceptors (Lipinski definition) is 10. The van der Waals surface area contributed by atoms with Crippen molar-refractivity contribution in [3.63, 3.8) is 0 Å². The van der Waals surface area contributed by atoms with Gasteiger partial charge in [-0.1, -0.05) is 17.7 Å². The molecule has 0 atom stereocenters. The van der Waals surface area contributed by atoms with E-state index >= 15 is 0 Å². The van der Waals surface area contributed by atoms with Crippen LogP contribution in [0.4, 0.5) is 17.3 Å². The highest BCUT2D eigenvalue weighted by Gasteiger charge is 2.12. The second kappa shape index (κ2) is 8.74. The Morgan fingerprint density at radius 3 is 2.43 bits per heavy atom. The number of halogens is 1. The van der Waals surface area contributed by atoms with Gasteiger partial charge in [-0.15, -0.1) is 0 Å². The van der Waals surface area contributed by atoms with Crippen LogP contribution in [0.1, 0.15) is 11.1 Å². The highest BCUT2D eigenvalue weighted by Crippen LogP contribution is 2.25. The first-order valence-electron chi connectivity index (χ1n) is 8.84. The molecular weight excluding hydrogens is 452 g/mol. The number of anilines is 3. The third kappa shape index (κ3) is 4.46. The first-order valence-corrected chi connectivity index (χ1v) is 9.63. The topological polar surface area (TPSA) is 122 Å². The van der Waals surface area contributed by atoms with E-state index in [0.29, 0.717) is 11.6 Å². The number of hydrogen-bond donors (Lipinski definition) is 3. The van der Waals surface area contributed by atoms with Crippen molar-refractivity contribution in [2.45, 2.75) is 6.92 Å². The van der Waals surface area contributed by atoms with Gasteiger partial charge in [-0.25, -0.2) is 4.63 Å². The highest BCUT2D eigenvalue weighted by atomic mass is 79.9. The van der Waals surface area contributed by atoms with Gasteiger partial charge in [0.25, 0.3) is 0 Å². The molecule has 0 spiro atoms. The Morgan fingerprint density at radius 1 is 1.00 bits per heavy atom. The van der Waals surface area contributed by atoms with Crippen molar-refractivity contribution in [1.29, 1.82) is 0 Å². The summed E-state index contributed by atoms with van der Waals surface area (Å²) in [7, 11) is 1.61. The Morgan fingerprint density at radius 2 is 1.73 bits per heavy atom. The molecule has 0 fully saturated rings. The van der Waals surface area contributed by atoms with Gasteiger partial charge < -0.3 is 4.74 Å². The lowest BCUT2D eigenvalue weighted by Crippen LogP contribution is -2.13. The van der Waals surface area contributed by atoms with Crippen LogP contribution in [0.15, 0.2) is 56.7 Å². The Balaban J connectivity index is 1.53. The molecule has 4 rings (SSSR count). The second-order valence-corrected chi connectivity index (χ2v) is 7.07. The molecule has 0 amide bonds. The summed E-state index contributed by atoms with van der Waals surface area (Å²) >= 11 is 3.45. The summed E-state index contributed by atoms with van der Waals surface area (Å²) in [6.45, 7) is 2.02. The van der Waals surface area contributed by atoms with Crippen LogP contribution in [0.5, 0.6) is 5.75 Å². The third-order valence-corrected chi connectivity index (χ3v) is 4.67. The zero-order chi connectivity index (χ0) is 20.9. The van der Waals surface area contributed by atoms with Gasteiger partial charge in [-0.3, -0.25) is 16.3 Å². The first-order chi connectivity index (χ1) is 14.6. The van der Waals surface area contributed by atoms with E-state index in [1.54, 1.807) is 13.3 Å². The van der Waals surface area contributed by atoms with Gasteiger partial charge in [0.05, 0.1) is 23.5 Å². The molecule has 0 radical (unpaired) electrons. The van der Waals surface area contributed by atoms with Gasteiger partial charge in [0.15, 0.2) is 11.6 Å². The minimum absolute atomic E-state index is 0.265. The highest BCUT2D eigenvalue weighted by molar-refractivity contribution is 9.10. The molecule has 11 heteroatoms. The molecule has 2 heterocycles. The van der Waals surface area contributed by atoms with Crippen LogP contribution >= 0.6 is 15.9 Å². The van der Waals surface area contributed by atoms with Crippen LogP contribution < -0.4 is 21.0 Å². The van der Waals surface area contributed by atoms with Crippen LogP contribution in [0.25, 0.3) is 11.3 Å². The summed E-state index contributed by atoms with van der Waals surface area (Å²) in [5, 5.41) is 11.7. The van der Waals surface area contributed by atoms with E-state index in [-0.39, 0.29) is 11.3 Å². The molecule has 10 nitrogen and oxygen atoms in total. The molecule has 4 aromatic rings. The third-order valence-electron chi connectivity index (χ3n) is 4.05. The molecule has 152 valence electrons. The number of ether oxygens (including phenoxy) is 1. The van der Waals surface area contributed by atoms with Gasteiger partial charge in [-0.05, 0) is 69.1 Å². The van der Waals surface area contributed by atoms with Crippen molar-refractivity contribution in [3.05, 3.63) is 58.1 Å². The standard InChI is InChI=1S/C19H17BrN8O2/c1-11-3-6-13(7-4-11)24-26-17-16(22-18-19(23-17)28-30-27-18)25-21-10-12-5-8-15(29-2)14(20)9-12/h3-10,24H,1-2H3,(H,22,25,27)(H,23,26,28)/b21-10+. The summed E-state index contributed by atoms with van der Waals surface area (Å²) in [5.41, 5.74) is 12.4. The molecule has 0 unspecified atom stereocenters. The van der Waals surface area contributed by atoms with Gasteiger partial charge in [0, 0.05) is 0 Å². The van der Waals surface area contributed by atoms with Crippen LogP contribution in [0.2, 0.25) is 0 Å². The minimum atomic E-state index is 0.265. The number of methoxy groups -OCH3 is 1. The van der Waals surface area contributed by atoms with E-state index in [1.807, 2.05) is 49.4 Å². The van der Waals surface area contributed by atoms with E-state index < -0.39 is 0 Å². The lowest BCUT2D eigenvalue weighted by molar-refractivity contribution is 0.314. The fourth-order valence-corrected chi connectivity index (χ4v) is 3.06. The SMILES string of the molecule is COc1ccc(/C=N/Nc2nc3nonc3nc2NNc2ccc(C)cc2)cc1Br. The number of nitrogens with zero attached hydrogens (tertiary/aromatic N) is 5. The number of nitrogens with one attached hydrogen (secondary N) is 3. The van der Waals surface area contributed by atoms with Crippen LogP contribution in [-0.2, 0) is 0 Å². The normalized spacial score (nSPS) is 11.0. The number of benzene rings is 2. The average Bonchev–Trinajstić information content (AvgIpc) is 3.20. The Labute approximate surface area is 179 Å². The van der Waals surface area contributed by atoms with Crippen LogP contribution in [0, 0.1) is 6.92 Å². The minimum Gasteiger partial charge on any atom is -0.496 e. The van der Waals surface area contributed by atoms with Crippen molar-refractivity contribution >= 4 is 50.8 Å². The Bertz CT molecular complexity index is 1190. The summed E-state index contributed by atoms with van der Waals surface area (Å²) in [5.74, 6) is 1.47. The lowest BCUT2D eigenvalue weighted by Gasteiger charge is -2.11. The summed E-state index contributed by atoms with van der Waals surface area (Å²) < 4.78 is 10.8. The van der Waals surface area contributed by atoms with Crippen molar-refractivity contribution in [2.24, 2.45) is 5.10 Å². The summed E-state index contributed by atoms with van der Waals surface area (Å²) in [6, 6.07) is 13.5. The maximum Gasteiger partial charge on any atom is 0.245 e.